The number of nitrogens with two attached hydrogens (primary N) is 1. The van der Waals surface area contributed by atoms with Crippen LogP contribution in [0, 0.1) is 0 Å². The number of nitrogens with one attached hydrogen (secondary N) is 3. The molecule has 4 aliphatic heterocycles. The van der Waals surface area contributed by atoms with Gasteiger partial charge in [0.1, 0.15) is 36.4 Å². The van der Waals surface area contributed by atoms with E-state index in [1.165, 1.54) is 17.2 Å². The summed E-state index contributed by atoms with van der Waals surface area (Å²) in [5.41, 5.74) is 5.91. The Morgan fingerprint density at radius 2 is 1.64 bits per heavy atom. The number of nitrogens with zero attached hydrogens (tertiary/aromatic N) is 6. The summed E-state index contributed by atoms with van der Waals surface area (Å²) in [6, 6.07) is 0.392. The molecule has 0 bridgehead atoms. The Morgan fingerprint density at radius 3 is 2.41 bits per heavy atom. The molecule has 0 saturated carbocycles. The molecule has 3 fully saturated rings. The SMILES string of the molecule is CC1(CCC(=O)O[C@@H]2[C@@H](O)[C@H](n3cnc4c(N)ncnc43)O[C@@H]2COC(=O)CCCC(=O)NCCCOCCOCCOCCCCC(=O)CCCC[C@H]2SC[C@H]3NC(=O)N[C@H]32)N=N1. The smallest absolute Gasteiger partial charge is 0.315 e. The van der Waals surface area contributed by atoms with Crippen LogP contribution in [0.2, 0.25) is 0 Å². The zero-order valence-electron chi connectivity index (χ0n) is 36.4. The van der Waals surface area contributed by atoms with Crippen LogP contribution in [0.3, 0.4) is 0 Å². The van der Waals surface area contributed by atoms with Crippen LogP contribution in [-0.4, -0.2) is 154 Å². The average Bonchev–Trinajstić information content (AvgIpc) is 3.57. The predicted molar refractivity (Wildman–Crippen MR) is 230 cm³/mol. The van der Waals surface area contributed by atoms with Gasteiger partial charge in [0.25, 0.3) is 0 Å². The van der Waals surface area contributed by atoms with E-state index >= 15 is 0 Å². The molecule has 0 radical (unpaired) electrons. The number of aliphatic hydroxyl groups excluding tert-OH is 1. The van der Waals surface area contributed by atoms with Crippen molar-refractivity contribution in [2.24, 2.45) is 10.2 Å². The Morgan fingerprint density at radius 1 is 0.906 bits per heavy atom. The molecule has 2 aromatic rings. The molecule has 6 rings (SSSR count). The van der Waals surface area contributed by atoms with Crippen molar-refractivity contribution in [3.63, 3.8) is 0 Å². The molecule has 354 valence electrons. The van der Waals surface area contributed by atoms with E-state index in [1.807, 2.05) is 11.8 Å². The number of thioether (sulfide) groups is 1. The van der Waals surface area contributed by atoms with Crippen LogP contribution in [-0.2, 0) is 47.6 Å². The summed E-state index contributed by atoms with van der Waals surface area (Å²) in [5, 5.41) is 28.3. The van der Waals surface area contributed by atoms with Gasteiger partial charge < -0.3 is 55.2 Å². The first-order valence-corrected chi connectivity index (χ1v) is 23.3. The largest absolute Gasteiger partial charge is 0.463 e. The van der Waals surface area contributed by atoms with Gasteiger partial charge in [0.2, 0.25) is 5.91 Å². The number of hydrogen-bond acceptors (Lipinski definition) is 19. The van der Waals surface area contributed by atoms with Crippen LogP contribution >= 0.6 is 11.8 Å². The molecule has 64 heavy (non-hydrogen) atoms. The third-order valence-corrected chi connectivity index (χ3v) is 12.8. The lowest BCUT2D eigenvalue weighted by molar-refractivity contribution is -0.160. The highest BCUT2D eigenvalue weighted by Crippen LogP contribution is 2.36. The fraction of sp³-hybridized carbons (Fsp3) is 0.756. The molecule has 0 aliphatic carbocycles. The van der Waals surface area contributed by atoms with E-state index in [1.54, 1.807) is 6.92 Å². The van der Waals surface area contributed by atoms with E-state index < -0.39 is 42.1 Å². The van der Waals surface area contributed by atoms with Gasteiger partial charge in [-0.1, -0.05) is 6.42 Å². The molecule has 22 nitrogen and oxygen atoms in total. The number of nitrogen functional groups attached to an aromatic ring is 1. The van der Waals surface area contributed by atoms with E-state index in [0.29, 0.717) is 94.1 Å². The fourth-order valence-corrected chi connectivity index (χ4v) is 9.20. The summed E-state index contributed by atoms with van der Waals surface area (Å²) in [7, 11) is 0. The van der Waals surface area contributed by atoms with Crippen LogP contribution in [0.5, 0.6) is 0 Å². The zero-order valence-corrected chi connectivity index (χ0v) is 37.2. The first kappa shape index (κ1) is 48.9. The van der Waals surface area contributed by atoms with E-state index in [9.17, 15) is 29.1 Å². The number of ketones is 1. The molecule has 6 N–H and O–H groups in total. The van der Waals surface area contributed by atoms with Crippen LogP contribution in [0.25, 0.3) is 11.2 Å². The Bertz CT molecular complexity index is 1900. The number of aromatic nitrogens is 4. The van der Waals surface area contributed by atoms with Crippen molar-refractivity contribution in [1.82, 2.24) is 35.5 Å². The average molecular weight is 919 g/mol. The third-order valence-electron chi connectivity index (χ3n) is 11.3. The summed E-state index contributed by atoms with van der Waals surface area (Å²) in [4.78, 5) is 73.8. The second-order valence-corrected chi connectivity index (χ2v) is 17.7. The number of amides is 3. The lowest BCUT2D eigenvalue weighted by Gasteiger charge is -2.21. The van der Waals surface area contributed by atoms with Crippen molar-refractivity contribution in [3.8, 4) is 0 Å². The first-order chi connectivity index (χ1) is 31.0. The van der Waals surface area contributed by atoms with E-state index in [-0.39, 0.29) is 62.1 Å². The minimum atomic E-state index is -1.37. The number of Topliss-reactive ketones (excluding diaryl/α,β-unsaturated/α-hetero) is 1. The highest BCUT2D eigenvalue weighted by atomic mass is 32.2. The van der Waals surface area contributed by atoms with E-state index in [4.69, 9.17) is 34.2 Å². The molecule has 0 spiro atoms. The van der Waals surface area contributed by atoms with Gasteiger partial charge in [0, 0.05) is 69.3 Å². The highest BCUT2D eigenvalue weighted by molar-refractivity contribution is 8.00. The fourth-order valence-electron chi connectivity index (χ4n) is 7.66. The molecule has 3 saturated heterocycles. The van der Waals surface area contributed by atoms with Gasteiger partial charge in [0.05, 0.1) is 44.8 Å². The van der Waals surface area contributed by atoms with Crippen molar-refractivity contribution in [2.75, 3.05) is 64.3 Å². The molecule has 23 heteroatoms. The molecule has 4 aliphatic rings. The maximum absolute atomic E-state index is 12.7. The normalized spacial score (nSPS) is 24.0. The monoisotopic (exact) mass is 918 g/mol. The van der Waals surface area contributed by atoms with Crippen molar-refractivity contribution in [3.05, 3.63) is 12.7 Å². The summed E-state index contributed by atoms with van der Waals surface area (Å²) in [6.07, 6.45) is 4.99. The summed E-state index contributed by atoms with van der Waals surface area (Å²) in [5.74, 6) is 0.00218. The van der Waals surface area contributed by atoms with Gasteiger partial charge in [-0.2, -0.15) is 22.0 Å². The Balaban J connectivity index is 0.729. The molecular weight excluding hydrogens is 857 g/mol. The number of aliphatic hydroxyl groups is 1. The topological polar surface area (TPSA) is 291 Å². The Labute approximate surface area is 375 Å². The van der Waals surface area contributed by atoms with Crippen LogP contribution < -0.4 is 21.7 Å². The number of unbranched alkanes of at least 4 members (excludes halogenated alkanes) is 2. The van der Waals surface area contributed by atoms with E-state index in [2.05, 4.69) is 41.1 Å². The molecule has 2 aromatic heterocycles. The standard InChI is InChI=1S/C41H62N10O12S/c1-41(49-50-41)14-13-32(55)63-36-28(62-39(35(36)56)51-25-46-34-37(42)44-24-45-38(34)51)22-61-31(54)12-6-11-30(53)43-15-7-17-59-19-21-60-20-18-58-16-5-4-9-26(52)8-2-3-10-29-33-27(23-64-29)47-40(57)48-33/h24-25,27-29,33,35-36,39,56H,2-23H2,1H3,(H,43,53)(H2,42,44,45)(H2,47,48,57)/t27-,28-,29-,33-,35-,36+,39-/m1/s1. The van der Waals surface area contributed by atoms with Crippen LogP contribution in [0.1, 0.15) is 96.6 Å². The van der Waals surface area contributed by atoms with E-state index in [0.717, 1.165) is 37.9 Å². The second kappa shape index (κ2) is 24.7. The zero-order chi connectivity index (χ0) is 45.3. The molecule has 0 aromatic carbocycles. The van der Waals surface area contributed by atoms with Gasteiger partial charge in [-0.3, -0.25) is 23.7 Å². The molecule has 0 unspecified atom stereocenters. The Hall–Kier alpha value is -4.55. The van der Waals surface area contributed by atoms with Crippen LogP contribution in [0.15, 0.2) is 22.9 Å². The highest BCUT2D eigenvalue weighted by Gasteiger charge is 2.49. The van der Waals surface area contributed by atoms with Crippen molar-refractivity contribution in [1.29, 1.82) is 0 Å². The number of rotatable bonds is 31. The minimum Gasteiger partial charge on any atom is -0.463 e. The lowest BCUT2D eigenvalue weighted by atomic mass is 10.0. The molecule has 3 amide bonds. The molecular formula is C41H62N10O12S. The summed E-state index contributed by atoms with van der Waals surface area (Å²) >= 11 is 1.90. The number of carbonyl (C=O) groups excluding carboxylic acids is 5. The summed E-state index contributed by atoms with van der Waals surface area (Å²) < 4.78 is 35.3. The third kappa shape index (κ3) is 15.0. The summed E-state index contributed by atoms with van der Waals surface area (Å²) in [6.45, 7) is 4.67. The number of anilines is 1. The number of hydrogen-bond donors (Lipinski definition) is 5. The van der Waals surface area contributed by atoms with Gasteiger partial charge in [0.15, 0.2) is 29.5 Å². The lowest BCUT2D eigenvalue weighted by Crippen LogP contribution is -2.39. The molecule has 7 atom stereocenters. The first-order valence-electron chi connectivity index (χ1n) is 22.3. The minimum absolute atomic E-state index is 0.00343. The predicted octanol–water partition coefficient (Wildman–Crippen LogP) is 2.28. The number of ether oxygens (including phenoxy) is 6. The van der Waals surface area contributed by atoms with Crippen molar-refractivity contribution < 1.29 is 57.5 Å². The maximum Gasteiger partial charge on any atom is 0.315 e. The van der Waals surface area contributed by atoms with Crippen LogP contribution in [0.4, 0.5) is 10.6 Å². The number of imidazole rings is 1. The molecule has 6 heterocycles. The quantitative estimate of drug-likeness (QED) is 0.0412. The maximum atomic E-state index is 12.7. The van der Waals surface area contributed by atoms with Crippen molar-refractivity contribution in [2.45, 2.75) is 138 Å². The second-order valence-electron chi connectivity index (χ2n) is 16.5. The number of fused-ring (bicyclic) bond motifs is 2. The number of esters is 2. The van der Waals surface area contributed by atoms with Gasteiger partial charge in [-0.15, -0.1) is 0 Å². The van der Waals surface area contributed by atoms with Crippen molar-refractivity contribution >= 4 is 58.4 Å². The van der Waals surface area contributed by atoms with Gasteiger partial charge in [-0.05, 0) is 45.4 Å². The van der Waals surface area contributed by atoms with Gasteiger partial charge in [-0.25, -0.2) is 19.7 Å². The number of carbonyl (C=O) groups is 5. The number of urea groups is 1. The van der Waals surface area contributed by atoms with Gasteiger partial charge >= 0.3 is 18.0 Å². The Kier molecular flexibility index (Phi) is 18.8.